The summed E-state index contributed by atoms with van der Waals surface area (Å²) < 4.78 is 16.1. The third-order valence-corrected chi connectivity index (χ3v) is 4.05. The zero-order valence-electron chi connectivity index (χ0n) is 17.0. The maximum absolute atomic E-state index is 12.3. The molecule has 0 radical (unpaired) electrons. The number of amides is 1. The van der Waals surface area contributed by atoms with E-state index in [1.54, 1.807) is 25.2 Å². The van der Waals surface area contributed by atoms with E-state index in [4.69, 9.17) is 14.2 Å². The molecule has 0 aliphatic carbocycles. The van der Waals surface area contributed by atoms with Gasteiger partial charge in [0, 0.05) is 13.6 Å². The topological polar surface area (TPSA) is 65.1 Å². The molecule has 0 atom stereocenters. The number of nitrogens with zero attached hydrogens (tertiary/aromatic N) is 1. The third kappa shape index (κ3) is 6.01. The average Bonchev–Trinajstić information content (AvgIpc) is 2.67. The van der Waals surface area contributed by atoms with Crippen LogP contribution in [0.25, 0.3) is 0 Å². The summed E-state index contributed by atoms with van der Waals surface area (Å²) >= 11 is 0. The molecule has 0 aliphatic heterocycles. The van der Waals surface area contributed by atoms with Crippen LogP contribution in [-0.4, -0.2) is 43.6 Å². The Kier molecular flexibility index (Phi) is 7.44. The van der Waals surface area contributed by atoms with Crippen molar-refractivity contribution in [2.75, 3.05) is 20.8 Å². The Morgan fingerprint density at radius 3 is 2.32 bits per heavy atom. The number of benzene rings is 2. The van der Waals surface area contributed by atoms with Crippen LogP contribution in [0.2, 0.25) is 0 Å². The molecule has 0 heterocycles. The largest absolute Gasteiger partial charge is 0.493 e. The van der Waals surface area contributed by atoms with Gasteiger partial charge in [-0.15, -0.1) is 0 Å². The van der Waals surface area contributed by atoms with Gasteiger partial charge < -0.3 is 19.1 Å². The van der Waals surface area contributed by atoms with Crippen molar-refractivity contribution in [3.05, 3.63) is 59.2 Å². The molecule has 0 spiro atoms. The summed E-state index contributed by atoms with van der Waals surface area (Å²) in [7, 11) is 3.18. The Morgan fingerprint density at radius 2 is 1.71 bits per heavy atom. The molecule has 0 fully saturated rings. The van der Waals surface area contributed by atoms with Gasteiger partial charge in [0.05, 0.1) is 18.8 Å². The van der Waals surface area contributed by atoms with Crippen molar-refractivity contribution in [3.63, 3.8) is 0 Å². The number of likely N-dealkylation sites (N-methyl/N-ethyl adjacent to an activating group) is 1. The molecule has 0 aromatic heterocycles. The minimum Gasteiger partial charge on any atom is -0.493 e. The van der Waals surface area contributed by atoms with Gasteiger partial charge in [-0.3, -0.25) is 4.79 Å². The fourth-order valence-corrected chi connectivity index (χ4v) is 2.52. The summed E-state index contributed by atoms with van der Waals surface area (Å²) in [6.45, 7) is 5.94. The molecule has 0 saturated carbocycles. The highest BCUT2D eigenvalue weighted by Gasteiger charge is 2.16. The molecule has 0 bridgehead atoms. The lowest BCUT2D eigenvalue weighted by Crippen LogP contribution is -2.30. The summed E-state index contributed by atoms with van der Waals surface area (Å²) in [5.41, 5.74) is 2.46. The fraction of sp³-hybridized carbons (Fsp3) is 0.364. The van der Waals surface area contributed by atoms with Crippen molar-refractivity contribution >= 4 is 11.9 Å². The molecule has 1 amide bonds. The Hall–Kier alpha value is -3.02. The molecule has 2 aromatic carbocycles. The Bertz CT molecular complexity index is 814. The SMILES string of the molecule is COc1cc(C(=O)OCC(=O)N(C)Cc2ccc(C)cc2)ccc1OC(C)C. The zero-order valence-corrected chi connectivity index (χ0v) is 17.0. The maximum Gasteiger partial charge on any atom is 0.338 e. The van der Waals surface area contributed by atoms with Gasteiger partial charge in [0.1, 0.15) is 0 Å². The number of hydrogen-bond donors (Lipinski definition) is 0. The molecule has 150 valence electrons. The molecule has 2 rings (SSSR count). The average molecular weight is 385 g/mol. The number of carbonyl (C=O) groups excluding carboxylic acids is 2. The zero-order chi connectivity index (χ0) is 20.7. The van der Waals surface area contributed by atoms with E-state index < -0.39 is 5.97 Å². The quantitative estimate of drug-likeness (QED) is 0.650. The molecule has 0 aliphatic rings. The molecule has 0 N–H and O–H groups in total. The Labute approximate surface area is 166 Å². The van der Waals surface area contributed by atoms with Crippen molar-refractivity contribution < 1.29 is 23.8 Å². The van der Waals surface area contributed by atoms with Crippen LogP contribution in [-0.2, 0) is 16.1 Å². The van der Waals surface area contributed by atoms with Crippen molar-refractivity contribution in [3.8, 4) is 11.5 Å². The second kappa shape index (κ2) is 9.78. The highest BCUT2D eigenvalue weighted by molar-refractivity contribution is 5.92. The molecule has 0 saturated heterocycles. The number of ether oxygens (including phenoxy) is 3. The van der Waals surface area contributed by atoms with Gasteiger partial charge in [0.25, 0.3) is 5.91 Å². The first-order chi connectivity index (χ1) is 13.3. The van der Waals surface area contributed by atoms with E-state index in [1.165, 1.54) is 12.0 Å². The van der Waals surface area contributed by atoms with Crippen LogP contribution in [0.3, 0.4) is 0 Å². The first-order valence-corrected chi connectivity index (χ1v) is 9.11. The normalized spacial score (nSPS) is 10.5. The number of carbonyl (C=O) groups is 2. The van der Waals surface area contributed by atoms with Crippen LogP contribution in [0.1, 0.15) is 35.3 Å². The molecule has 6 heteroatoms. The van der Waals surface area contributed by atoms with Gasteiger partial charge in [0.2, 0.25) is 0 Å². The second-order valence-corrected chi connectivity index (χ2v) is 6.84. The van der Waals surface area contributed by atoms with Gasteiger partial charge in [-0.2, -0.15) is 0 Å². The van der Waals surface area contributed by atoms with Crippen molar-refractivity contribution in [2.24, 2.45) is 0 Å². The third-order valence-electron chi connectivity index (χ3n) is 4.05. The van der Waals surface area contributed by atoms with Gasteiger partial charge in [-0.25, -0.2) is 4.79 Å². The van der Waals surface area contributed by atoms with Crippen LogP contribution in [0.15, 0.2) is 42.5 Å². The van der Waals surface area contributed by atoms with Crippen molar-refractivity contribution in [1.82, 2.24) is 4.90 Å². The van der Waals surface area contributed by atoms with Crippen LogP contribution in [0.5, 0.6) is 11.5 Å². The molecule has 2 aromatic rings. The first kappa shape index (κ1) is 21.3. The van der Waals surface area contributed by atoms with E-state index in [0.717, 1.165) is 11.1 Å². The summed E-state index contributed by atoms with van der Waals surface area (Å²) in [6, 6.07) is 12.7. The lowest BCUT2D eigenvalue weighted by molar-refractivity contribution is -0.133. The van der Waals surface area contributed by atoms with E-state index >= 15 is 0 Å². The monoisotopic (exact) mass is 385 g/mol. The summed E-state index contributed by atoms with van der Waals surface area (Å²) in [4.78, 5) is 26.1. The standard InChI is InChI=1S/C22H27NO5/c1-15(2)28-19-11-10-18(12-20(19)26-5)22(25)27-14-21(24)23(4)13-17-8-6-16(3)7-9-17/h6-12,15H,13-14H2,1-5H3. The molecular weight excluding hydrogens is 358 g/mol. The van der Waals surface area contributed by atoms with Gasteiger partial charge in [0.15, 0.2) is 18.1 Å². The van der Waals surface area contributed by atoms with Crippen molar-refractivity contribution in [1.29, 1.82) is 0 Å². The molecule has 28 heavy (non-hydrogen) atoms. The van der Waals surface area contributed by atoms with Crippen LogP contribution >= 0.6 is 0 Å². The smallest absolute Gasteiger partial charge is 0.338 e. The minimum absolute atomic E-state index is 0.0200. The number of rotatable bonds is 8. The van der Waals surface area contributed by atoms with Gasteiger partial charge in [-0.1, -0.05) is 29.8 Å². The van der Waals surface area contributed by atoms with E-state index in [0.29, 0.717) is 23.6 Å². The van der Waals surface area contributed by atoms with E-state index in [2.05, 4.69) is 0 Å². The highest BCUT2D eigenvalue weighted by atomic mass is 16.5. The maximum atomic E-state index is 12.3. The van der Waals surface area contributed by atoms with Gasteiger partial charge in [-0.05, 0) is 44.5 Å². The first-order valence-electron chi connectivity index (χ1n) is 9.11. The summed E-state index contributed by atoms with van der Waals surface area (Å²) in [5, 5.41) is 0. The van der Waals surface area contributed by atoms with E-state index in [-0.39, 0.29) is 18.6 Å². The number of hydrogen-bond acceptors (Lipinski definition) is 5. The van der Waals surface area contributed by atoms with Crippen LogP contribution < -0.4 is 9.47 Å². The Morgan fingerprint density at radius 1 is 1.04 bits per heavy atom. The van der Waals surface area contributed by atoms with Crippen LogP contribution in [0.4, 0.5) is 0 Å². The number of aryl methyl sites for hydroxylation is 1. The minimum atomic E-state index is -0.591. The van der Waals surface area contributed by atoms with Crippen LogP contribution in [0, 0.1) is 6.92 Å². The summed E-state index contributed by atoms with van der Waals surface area (Å²) in [6.07, 6.45) is -0.0200. The number of methoxy groups -OCH3 is 1. The molecular formula is C22H27NO5. The van der Waals surface area contributed by atoms with E-state index in [1.807, 2.05) is 45.0 Å². The van der Waals surface area contributed by atoms with Gasteiger partial charge >= 0.3 is 5.97 Å². The molecule has 0 unspecified atom stereocenters. The van der Waals surface area contributed by atoms with Crippen molar-refractivity contribution in [2.45, 2.75) is 33.4 Å². The lowest BCUT2D eigenvalue weighted by Gasteiger charge is -2.17. The fourth-order valence-electron chi connectivity index (χ4n) is 2.52. The lowest BCUT2D eigenvalue weighted by atomic mass is 10.1. The van der Waals surface area contributed by atoms with E-state index in [9.17, 15) is 9.59 Å². The molecule has 6 nitrogen and oxygen atoms in total. The number of esters is 1. The second-order valence-electron chi connectivity index (χ2n) is 6.84. The predicted molar refractivity (Wildman–Crippen MR) is 107 cm³/mol. The Balaban J connectivity index is 1.93. The highest BCUT2D eigenvalue weighted by Crippen LogP contribution is 2.29. The summed E-state index contributed by atoms with van der Waals surface area (Å²) in [5.74, 6) is 0.112. The predicted octanol–water partition coefficient (Wildman–Crippen LogP) is 3.61.